The molecular formula is C14H18FNO2S. The number of hydrogen-bond donors (Lipinski definition) is 1. The first kappa shape index (κ1) is 13.2. The summed E-state index contributed by atoms with van der Waals surface area (Å²) in [4.78, 5) is 0.901. The first-order valence-electron chi connectivity index (χ1n) is 6.60. The summed E-state index contributed by atoms with van der Waals surface area (Å²) < 4.78 is 24.7. The highest BCUT2D eigenvalue weighted by atomic mass is 32.2. The Morgan fingerprint density at radius 1 is 1.32 bits per heavy atom. The minimum Gasteiger partial charge on any atom is -0.399 e. The van der Waals surface area contributed by atoms with Gasteiger partial charge >= 0.3 is 0 Å². The van der Waals surface area contributed by atoms with Crippen LogP contribution in [0.3, 0.4) is 0 Å². The molecule has 0 radical (unpaired) electrons. The Kier molecular flexibility index (Phi) is 3.69. The van der Waals surface area contributed by atoms with Crippen LogP contribution in [-0.2, 0) is 9.47 Å². The van der Waals surface area contributed by atoms with E-state index >= 15 is 0 Å². The predicted molar refractivity (Wildman–Crippen MR) is 73.8 cm³/mol. The number of anilines is 1. The molecule has 2 atom stereocenters. The van der Waals surface area contributed by atoms with Gasteiger partial charge in [0.2, 0.25) is 0 Å². The molecule has 19 heavy (non-hydrogen) atoms. The molecule has 2 heterocycles. The van der Waals surface area contributed by atoms with Gasteiger partial charge in [-0.2, -0.15) is 0 Å². The molecule has 2 N–H and O–H groups in total. The summed E-state index contributed by atoms with van der Waals surface area (Å²) in [6.07, 6.45) is 2.92. The number of halogens is 1. The number of rotatable bonds is 2. The molecule has 1 aromatic rings. The lowest BCUT2D eigenvalue weighted by molar-refractivity contribution is -0.0769. The van der Waals surface area contributed by atoms with Crippen LogP contribution in [0.25, 0.3) is 0 Å². The number of nitrogen functional groups attached to an aromatic ring is 1. The van der Waals surface area contributed by atoms with Crippen LogP contribution in [0, 0.1) is 5.82 Å². The monoisotopic (exact) mass is 283 g/mol. The molecule has 2 saturated heterocycles. The average molecular weight is 283 g/mol. The third-order valence-corrected chi connectivity index (χ3v) is 4.95. The van der Waals surface area contributed by atoms with Gasteiger partial charge < -0.3 is 15.2 Å². The van der Waals surface area contributed by atoms with Crippen LogP contribution in [0.15, 0.2) is 23.1 Å². The van der Waals surface area contributed by atoms with Crippen molar-refractivity contribution >= 4 is 17.4 Å². The Hall–Kier alpha value is -0.780. The molecule has 0 amide bonds. The van der Waals surface area contributed by atoms with E-state index in [9.17, 15) is 4.39 Å². The Bertz CT molecular complexity index is 443. The van der Waals surface area contributed by atoms with Gasteiger partial charge in [-0.3, -0.25) is 0 Å². The van der Waals surface area contributed by atoms with Crippen molar-refractivity contribution in [2.24, 2.45) is 0 Å². The summed E-state index contributed by atoms with van der Waals surface area (Å²) in [6, 6.07) is 4.73. The number of ether oxygens (including phenoxy) is 2. The first-order chi connectivity index (χ1) is 9.15. The molecular weight excluding hydrogens is 265 g/mol. The fraction of sp³-hybridized carbons (Fsp3) is 0.571. The van der Waals surface area contributed by atoms with Gasteiger partial charge in [-0.05, 0) is 31.0 Å². The Morgan fingerprint density at radius 3 is 2.95 bits per heavy atom. The SMILES string of the molecule is Nc1cc(F)cc(SC2CCOC3(CCOC3)C2)c1. The van der Waals surface area contributed by atoms with E-state index in [2.05, 4.69) is 0 Å². The molecule has 0 aromatic heterocycles. The van der Waals surface area contributed by atoms with Crippen LogP contribution >= 0.6 is 11.8 Å². The summed E-state index contributed by atoms with van der Waals surface area (Å²) in [5, 5.41) is 0.441. The van der Waals surface area contributed by atoms with Gasteiger partial charge in [0.05, 0.1) is 12.2 Å². The van der Waals surface area contributed by atoms with Gasteiger partial charge in [0.25, 0.3) is 0 Å². The van der Waals surface area contributed by atoms with Gasteiger partial charge in [-0.25, -0.2) is 4.39 Å². The predicted octanol–water partition coefficient (Wildman–Crippen LogP) is 2.84. The van der Waals surface area contributed by atoms with Crippen LogP contribution in [0.5, 0.6) is 0 Å². The minimum absolute atomic E-state index is 0.102. The highest BCUT2D eigenvalue weighted by molar-refractivity contribution is 8.00. The Balaban J connectivity index is 1.69. The van der Waals surface area contributed by atoms with Gasteiger partial charge in [-0.1, -0.05) is 0 Å². The molecule has 104 valence electrons. The molecule has 0 aliphatic carbocycles. The first-order valence-corrected chi connectivity index (χ1v) is 7.48. The van der Waals surface area contributed by atoms with E-state index in [-0.39, 0.29) is 11.4 Å². The summed E-state index contributed by atoms with van der Waals surface area (Å²) in [6.45, 7) is 2.23. The van der Waals surface area contributed by atoms with Crippen molar-refractivity contribution in [1.29, 1.82) is 0 Å². The minimum atomic E-state index is -0.270. The highest BCUT2D eigenvalue weighted by Gasteiger charge is 2.41. The van der Waals surface area contributed by atoms with E-state index in [1.807, 2.05) is 6.07 Å². The second kappa shape index (κ2) is 5.31. The van der Waals surface area contributed by atoms with Crippen LogP contribution in [-0.4, -0.2) is 30.7 Å². The maximum absolute atomic E-state index is 13.3. The number of nitrogens with two attached hydrogens (primary N) is 1. The van der Waals surface area contributed by atoms with E-state index in [1.54, 1.807) is 17.8 Å². The van der Waals surface area contributed by atoms with Crippen molar-refractivity contribution in [2.45, 2.75) is 35.0 Å². The third-order valence-electron chi connectivity index (χ3n) is 3.71. The second-order valence-electron chi connectivity index (χ2n) is 5.29. The largest absolute Gasteiger partial charge is 0.399 e. The molecule has 0 saturated carbocycles. The average Bonchev–Trinajstić information content (AvgIpc) is 2.76. The molecule has 2 aliphatic rings. The van der Waals surface area contributed by atoms with E-state index in [0.717, 1.165) is 37.4 Å². The Morgan fingerprint density at radius 2 is 2.21 bits per heavy atom. The highest BCUT2D eigenvalue weighted by Crippen LogP contribution is 2.40. The van der Waals surface area contributed by atoms with Crippen molar-refractivity contribution < 1.29 is 13.9 Å². The van der Waals surface area contributed by atoms with Gasteiger partial charge in [0.1, 0.15) is 5.82 Å². The Labute approximate surface area is 116 Å². The molecule has 0 bridgehead atoms. The van der Waals surface area contributed by atoms with Crippen LogP contribution in [0.4, 0.5) is 10.1 Å². The van der Waals surface area contributed by atoms with Crippen LogP contribution in [0.1, 0.15) is 19.3 Å². The van der Waals surface area contributed by atoms with Crippen molar-refractivity contribution in [3.8, 4) is 0 Å². The summed E-state index contributed by atoms with van der Waals surface area (Å²) in [5.74, 6) is -0.270. The number of thioether (sulfide) groups is 1. The van der Waals surface area contributed by atoms with E-state index in [4.69, 9.17) is 15.2 Å². The standard InChI is InChI=1S/C14H18FNO2S/c15-10-5-11(16)7-13(6-10)19-12-1-3-18-14(8-12)2-4-17-9-14/h5-7,12H,1-4,8-9,16H2. The van der Waals surface area contributed by atoms with Gasteiger partial charge in [0, 0.05) is 35.5 Å². The zero-order chi connectivity index (χ0) is 13.3. The maximum Gasteiger partial charge on any atom is 0.126 e. The van der Waals surface area contributed by atoms with Crippen molar-refractivity contribution in [2.75, 3.05) is 25.6 Å². The molecule has 3 nitrogen and oxygen atoms in total. The summed E-state index contributed by atoms with van der Waals surface area (Å²) in [5.41, 5.74) is 6.06. The summed E-state index contributed by atoms with van der Waals surface area (Å²) >= 11 is 1.70. The fourth-order valence-corrected chi connectivity index (χ4v) is 4.16. The van der Waals surface area contributed by atoms with Gasteiger partial charge in [-0.15, -0.1) is 11.8 Å². The lowest BCUT2D eigenvalue weighted by Gasteiger charge is -2.36. The quantitative estimate of drug-likeness (QED) is 0.848. The van der Waals surface area contributed by atoms with E-state index in [1.165, 1.54) is 6.07 Å². The molecule has 2 aliphatic heterocycles. The van der Waals surface area contributed by atoms with E-state index < -0.39 is 0 Å². The van der Waals surface area contributed by atoms with Gasteiger partial charge in [0.15, 0.2) is 0 Å². The summed E-state index contributed by atoms with van der Waals surface area (Å²) in [7, 11) is 0. The van der Waals surface area contributed by atoms with Crippen LogP contribution < -0.4 is 5.73 Å². The second-order valence-corrected chi connectivity index (χ2v) is 6.66. The van der Waals surface area contributed by atoms with Crippen molar-refractivity contribution in [3.05, 3.63) is 24.0 Å². The maximum atomic E-state index is 13.3. The lowest BCUT2D eigenvalue weighted by atomic mass is 9.93. The van der Waals surface area contributed by atoms with E-state index in [0.29, 0.717) is 17.5 Å². The zero-order valence-electron chi connectivity index (χ0n) is 10.7. The fourth-order valence-electron chi connectivity index (χ4n) is 2.79. The van der Waals surface area contributed by atoms with Crippen molar-refractivity contribution in [3.63, 3.8) is 0 Å². The number of hydrogen-bond acceptors (Lipinski definition) is 4. The molecule has 2 fully saturated rings. The smallest absolute Gasteiger partial charge is 0.126 e. The third kappa shape index (κ3) is 3.04. The molecule has 5 heteroatoms. The normalized spacial score (nSPS) is 30.9. The molecule has 2 unspecified atom stereocenters. The molecule has 1 spiro atoms. The molecule has 3 rings (SSSR count). The van der Waals surface area contributed by atoms with Crippen molar-refractivity contribution in [1.82, 2.24) is 0 Å². The zero-order valence-corrected chi connectivity index (χ0v) is 11.5. The topological polar surface area (TPSA) is 44.5 Å². The lowest BCUT2D eigenvalue weighted by Crippen LogP contribution is -2.41. The number of benzene rings is 1. The molecule has 1 aromatic carbocycles. The van der Waals surface area contributed by atoms with Crippen LogP contribution in [0.2, 0.25) is 0 Å².